The molecule has 102 valence electrons. The molecule has 2 aromatic carbocycles. The van der Waals surface area contributed by atoms with Crippen molar-refractivity contribution in [2.75, 3.05) is 12.3 Å². The van der Waals surface area contributed by atoms with E-state index in [1.807, 2.05) is 30.3 Å². The highest BCUT2D eigenvalue weighted by Crippen LogP contribution is 2.34. The molecule has 20 heavy (non-hydrogen) atoms. The summed E-state index contributed by atoms with van der Waals surface area (Å²) in [5.74, 6) is -0.123. The molecule has 1 aliphatic heterocycles. The van der Waals surface area contributed by atoms with Gasteiger partial charge in [0.15, 0.2) is 0 Å². The number of nitrogen functional groups attached to an aromatic ring is 1. The maximum atomic E-state index is 12.3. The molecule has 0 fully saturated rings. The summed E-state index contributed by atoms with van der Waals surface area (Å²) < 4.78 is 0. The number of fused-ring (bicyclic) bond motifs is 1. The lowest BCUT2D eigenvalue weighted by Crippen LogP contribution is -2.26. The predicted octanol–water partition coefficient (Wildman–Crippen LogP) is 2.17. The molecule has 4 heteroatoms. The number of hydrogen-bond donors (Lipinski definition) is 2. The van der Waals surface area contributed by atoms with Crippen LogP contribution in [-0.2, 0) is 13.0 Å². The fourth-order valence-corrected chi connectivity index (χ4v) is 2.57. The number of nitrogens with two attached hydrogens (primary N) is 1. The molecular weight excluding hydrogens is 252 g/mol. The number of carbonyl (C=O) groups excluding carboxylic acids is 1. The average molecular weight is 268 g/mol. The summed E-state index contributed by atoms with van der Waals surface area (Å²) in [6.45, 7) is 1.09. The van der Waals surface area contributed by atoms with Crippen molar-refractivity contribution in [3.8, 4) is 5.75 Å². The molecule has 0 spiro atoms. The Bertz CT molecular complexity index is 653. The number of benzene rings is 2. The zero-order valence-electron chi connectivity index (χ0n) is 11.0. The van der Waals surface area contributed by atoms with Crippen LogP contribution in [0.5, 0.6) is 5.75 Å². The Morgan fingerprint density at radius 3 is 2.60 bits per heavy atom. The molecule has 1 amide bonds. The van der Waals surface area contributed by atoms with Crippen LogP contribution in [0.3, 0.4) is 0 Å². The van der Waals surface area contributed by atoms with E-state index >= 15 is 0 Å². The van der Waals surface area contributed by atoms with E-state index in [0.29, 0.717) is 24.3 Å². The molecule has 0 unspecified atom stereocenters. The molecule has 0 aliphatic carbocycles. The van der Waals surface area contributed by atoms with Gasteiger partial charge in [-0.1, -0.05) is 30.3 Å². The van der Waals surface area contributed by atoms with Crippen LogP contribution in [0.2, 0.25) is 0 Å². The van der Waals surface area contributed by atoms with Crippen LogP contribution in [0.25, 0.3) is 0 Å². The molecule has 1 aliphatic rings. The first-order chi connectivity index (χ1) is 9.66. The summed E-state index contributed by atoms with van der Waals surface area (Å²) in [4.78, 5) is 14.0. The zero-order valence-corrected chi connectivity index (χ0v) is 11.0. The first-order valence-electron chi connectivity index (χ1n) is 6.60. The van der Waals surface area contributed by atoms with Gasteiger partial charge in [0.25, 0.3) is 5.91 Å². The Balaban J connectivity index is 1.77. The Morgan fingerprint density at radius 2 is 1.90 bits per heavy atom. The predicted molar refractivity (Wildman–Crippen MR) is 77.4 cm³/mol. The first kappa shape index (κ1) is 12.5. The zero-order chi connectivity index (χ0) is 14.1. The van der Waals surface area contributed by atoms with E-state index in [9.17, 15) is 9.90 Å². The Labute approximate surface area is 117 Å². The normalized spacial score (nSPS) is 13.6. The second-order valence-electron chi connectivity index (χ2n) is 4.99. The molecule has 2 aromatic rings. The van der Waals surface area contributed by atoms with E-state index in [1.165, 1.54) is 11.6 Å². The molecule has 0 saturated carbocycles. The number of amides is 1. The molecular formula is C16H16N2O2. The highest BCUT2D eigenvalue weighted by Gasteiger charge is 2.31. The maximum Gasteiger partial charge on any atom is 0.258 e. The summed E-state index contributed by atoms with van der Waals surface area (Å²) in [6.07, 6.45) is 0.793. The summed E-state index contributed by atoms with van der Waals surface area (Å²) in [5.41, 5.74) is 8.73. The molecule has 0 atom stereocenters. The second-order valence-corrected chi connectivity index (χ2v) is 4.99. The molecule has 0 bridgehead atoms. The van der Waals surface area contributed by atoms with Gasteiger partial charge >= 0.3 is 0 Å². The molecule has 3 N–H and O–H groups in total. The molecule has 3 rings (SSSR count). The molecule has 1 heterocycles. The standard InChI is InChI=1S/C16H16N2O2/c17-13-6-7-14(19)15-12(13)10-18(16(15)20)9-8-11-4-2-1-3-5-11/h1-7,19H,8-10,17H2. The third-order valence-corrected chi connectivity index (χ3v) is 3.69. The van der Waals surface area contributed by atoms with Gasteiger partial charge in [-0.05, 0) is 24.1 Å². The van der Waals surface area contributed by atoms with Crippen LogP contribution in [0, 0.1) is 0 Å². The van der Waals surface area contributed by atoms with Gasteiger partial charge in [0.05, 0.1) is 5.56 Å². The molecule has 0 saturated heterocycles. The van der Waals surface area contributed by atoms with Crippen molar-refractivity contribution in [2.45, 2.75) is 13.0 Å². The van der Waals surface area contributed by atoms with E-state index in [2.05, 4.69) is 0 Å². The summed E-state index contributed by atoms with van der Waals surface area (Å²) >= 11 is 0. The van der Waals surface area contributed by atoms with Crippen molar-refractivity contribution in [3.05, 3.63) is 59.2 Å². The summed E-state index contributed by atoms with van der Waals surface area (Å²) in [5, 5.41) is 9.83. The fourth-order valence-electron chi connectivity index (χ4n) is 2.57. The number of carbonyl (C=O) groups is 1. The quantitative estimate of drug-likeness (QED) is 0.662. The third kappa shape index (κ3) is 2.09. The molecule has 0 radical (unpaired) electrons. The molecule has 0 aromatic heterocycles. The van der Waals surface area contributed by atoms with Gasteiger partial charge in [-0.3, -0.25) is 4.79 Å². The van der Waals surface area contributed by atoms with Crippen LogP contribution in [0.15, 0.2) is 42.5 Å². The highest BCUT2D eigenvalue weighted by molar-refractivity contribution is 6.02. The number of rotatable bonds is 3. The van der Waals surface area contributed by atoms with Crippen molar-refractivity contribution >= 4 is 11.6 Å². The van der Waals surface area contributed by atoms with Crippen LogP contribution in [-0.4, -0.2) is 22.5 Å². The third-order valence-electron chi connectivity index (χ3n) is 3.69. The van der Waals surface area contributed by atoms with Gasteiger partial charge in [-0.25, -0.2) is 0 Å². The minimum absolute atomic E-state index is 0.0152. The van der Waals surface area contributed by atoms with Gasteiger partial charge < -0.3 is 15.7 Å². The number of phenols is 1. The van der Waals surface area contributed by atoms with Crippen molar-refractivity contribution in [1.29, 1.82) is 0 Å². The molecule has 4 nitrogen and oxygen atoms in total. The number of aromatic hydroxyl groups is 1. The van der Waals surface area contributed by atoms with E-state index in [4.69, 9.17) is 5.73 Å². The van der Waals surface area contributed by atoms with Crippen LogP contribution < -0.4 is 5.73 Å². The summed E-state index contributed by atoms with van der Waals surface area (Å²) in [7, 11) is 0. The monoisotopic (exact) mass is 268 g/mol. The SMILES string of the molecule is Nc1ccc(O)c2c1CN(CCc1ccccc1)C2=O. The van der Waals surface area contributed by atoms with Crippen LogP contribution in [0.1, 0.15) is 21.5 Å². The second kappa shape index (κ2) is 4.89. The van der Waals surface area contributed by atoms with Gasteiger partial charge in [0, 0.05) is 24.3 Å². The number of phenolic OH excluding ortho intramolecular Hbond substituents is 1. The lowest BCUT2D eigenvalue weighted by atomic mass is 10.1. The van der Waals surface area contributed by atoms with Crippen LogP contribution in [0.4, 0.5) is 5.69 Å². The Kier molecular flexibility index (Phi) is 3.06. The largest absolute Gasteiger partial charge is 0.507 e. The highest BCUT2D eigenvalue weighted by atomic mass is 16.3. The van der Waals surface area contributed by atoms with Gasteiger partial charge in [0.2, 0.25) is 0 Å². The van der Waals surface area contributed by atoms with Crippen molar-refractivity contribution < 1.29 is 9.90 Å². The average Bonchev–Trinajstić information content (AvgIpc) is 2.80. The van der Waals surface area contributed by atoms with Gasteiger partial charge in [0.1, 0.15) is 5.75 Å². The number of hydrogen-bond acceptors (Lipinski definition) is 3. The van der Waals surface area contributed by atoms with E-state index in [-0.39, 0.29) is 11.7 Å². The van der Waals surface area contributed by atoms with E-state index in [1.54, 1.807) is 11.0 Å². The minimum Gasteiger partial charge on any atom is -0.507 e. The van der Waals surface area contributed by atoms with Crippen molar-refractivity contribution in [2.24, 2.45) is 0 Å². The number of anilines is 1. The van der Waals surface area contributed by atoms with Gasteiger partial charge in [-0.2, -0.15) is 0 Å². The fraction of sp³-hybridized carbons (Fsp3) is 0.188. The lowest BCUT2D eigenvalue weighted by Gasteiger charge is -2.15. The maximum absolute atomic E-state index is 12.3. The van der Waals surface area contributed by atoms with Crippen LogP contribution >= 0.6 is 0 Å². The number of nitrogens with zero attached hydrogens (tertiary/aromatic N) is 1. The van der Waals surface area contributed by atoms with Crippen molar-refractivity contribution in [1.82, 2.24) is 4.90 Å². The smallest absolute Gasteiger partial charge is 0.258 e. The Hall–Kier alpha value is -2.49. The van der Waals surface area contributed by atoms with Crippen molar-refractivity contribution in [3.63, 3.8) is 0 Å². The Morgan fingerprint density at radius 1 is 1.15 bits per heavy atom. The van der Waals surface area contributed by atoms with Gasteiger partial charge in [-0.15, -0.1) is 0 Å². The van der Waals surface area contributed by atoms with E-state index < -0.39 is 0 Å². The van der Waals surface area contributed by atoms with E-state index in [0.717, 1.165) is 12.0 Å². The first-order valence-corrected chi connectivity index (χ1v) is 6.60. The minimum atomic E-state index is -0.138. The topological polar surface area (TPSA) is 66.6 Å². The summed E-state index contributed by atoms with van der Waals surface area (Å²) in [6, 6.07) is 13.1. The lowest BCUT2D eigenvalue weighted by molar-refractivity contribution is 0.0778.